The molecule has 0 aliphatic carbocycles. The summed E-state index contributed by atoms with van der Waals surface area (Å²) >= 11 is 0. The zero-order valence-corrected chi connectivity index (χ0v) is 12.8. The van der Waals surface area contributed by atoms with Gasteiger partial charge in [-0.3, -0.25) is 13.9 Å². The van der Waals surface area contributed by atoms with Crippen molar-refractivity contribution in [1.82, 2.24) is 9.13 Å². The van der Waals surface area contributed by atoms with Gasteiger partial charge >= 0.3 is 5.69 Å². The summed E-state index contributed by atoms with van der Waals surface area (Å²) in [5.41, 5.74) is 0.141. The highest BCUT2D eigenvalue weighted by molar-refractivity contribution is 5.45. The van der Waals surface area contributed by atoms with Crippen molar-refractivity contribution in [1.29, 1.82) is 0 Å². The summed E-state index contributed by atoms with van der Waals surface area (Å²) in [4.78, 5) is 23.6. The number of ether oxygens (including phenoxy) is 2. The Morgan fingerprint density at radius 2 is 1.86 bits per heavy atom. The molecule has 116 valence electrons. The quantitative estimate of drug-likeness (QED) is 0.787. The van der Waals surface area contributed by atoms with E-state index in [1.165, 1.54) is 31.8 Å². The highest BCUT2D eigenvalue weighted by Gasteiger charge is 2.11. The molecule has 2 rings (SSSR count). The molecule has 1 aromatic heterocycles. The van der Waals surface area contributed by atoms with E-state index >= 15 is 0 Å². The summed E-state index contributed by atoms with van der Waals surface area (Å²) in [6.07, 6.45) is 2.50. The zero-order chi connectivity index (χ0) is 16.3. The van der Waals surface area contributed by atoms with Crippen LogP contribution in [0.25, 0.3) is 0 Å². The first-order chi connectivity index (χ1) is 10.5. The van der Waals surface area contributed by atoms with Crippen molar-refractivity contribution in [3.63, 3.8) is 0 Å². The Balaban J connectivity index is 2.45. The van der Waals surface area contributed by atoms with Gasteiger partial charge in [0.2, 0.25) is 5.88 Å². The third-order valence-electron chi connectivity index (χ3n) is 3.30. The van der Waals surface area contributed by atoms with E-state index in [1.807, 2.05) is 12.1 Å². The Labute approximate surface area is 127 Å². The Kier molecular flexibility index (Phi) is 4.50. The summed E-state index contributed by atoms with van der Waals surface area (Å²) in [6.45, 7) is 3.69. The number of nitrogens with zero attached hydrogens (tertiary/aromatic N) is 2. The van der Waals surface area contributed by atoms with Gasteiger partial charge in [0, 0.05) is 14.1 Å². The monoisotopic (exact) mass is 302 g/mol. The molecule has 0 atom stereocenters. The van der Waals surface area contributed by atoms with Crippen molar-refractivity contribution in [3.05, 3.63) is 63.3 Å². The Bertz CT molecular complexity index is 818. The molecule has 0 amide bonds. The van der Waals surface area contributed by atoms with E-state index in [1.54, 1.807) is 12.1 Å². The number of hydrogen-bond acceptors (Lipinski definition) is 4. The normalized spacial score (nSPS) is 10.3. The number of aromatic nitrogens is 2. The molecule has 0 saturated carbocycles. The molecule has 2 aromatic rings. The van der Waals surface area contributed by atoms with Gasteiger partial charge in [-0.25, -0.2) is 4.79 Å². The molecule has 0 aliphatic heterocycles. The lowest BCUT2D eigenvalue weighted by molar-refractivity contribution is 0.363. The van der Waals surface area contributed by atoms with Crippen LogP contribution in [0.15, 0.2) is 46.5 Å². The minimum atomic E-state index is -0.454. The molecule has 0 radical (unpaired) electrons. The van der Waals surface area contributed by atoms with Gasteiger partial charge in [-0.05, 0) is 24.1 Å². The largest absolute Gasteiger partial charge is 0.493 e. The Morgan fingerprint density at radius 3 is 2.50 bits per heavy atom. The minimum Gasteiger partial charge on any atom is -0.493 e. The fourth-order valence-electron chi connectivity index (χ4n) is 2.01. The highest BCUT2D eigenvalue weighted by atomic mass is 16.5. The molecule has 6 heteroatoms. The van der Waals surface area contributed by atoms with Gasteiger partial charge in [-0.1, -0.05) is 12.1 Å². The number of rotatable bonds is 5. The van der Waals surface area contributed by atoms with Crippen LogP contribution < -0.4 is 20.7 Å². The van der Waals surface area contributed by atoms with Crippen molar-refractivity contribution >= 4 is 0 Å². The highest BCUT2D eigenvalue weighted by Crippen LogP contribution is 2.31. The number of hydrogen-bond donors (Lipinski definition) is 0. The molecule has 0 N–H and O–H groups in total. The fourth-order valence-corrected chi connectivity index (χ4v) is 2.01. The van der Waals surface area contributed by atoms with E-state index in [9.17, 15) is 9.59 Å². The predicted octanol–water partition coefficient (Wildman–Crippen LogP) is 1.61. The molecule has 0 saturated heterocycles. The molecule has 0 bridgehead atoms. The van der Waals surface area contributed by atoms with Gasteiger partial charge < -0.3 is 9.47 Å². The average molecular weight is 302 g/mol. The second-order valence-electron chi connectivity index (χ2n) is 4.80. The number of benzene rings is 1. The lowest BCUT2D eigenvalue weighted by Crippen LogP contribution is -2.36. The first kappa shape index (κ1) is 15.6. The van der Waals surface area contributed by atoms with E-state index in [-0.39, 0.29) is 5.88 Å². The van der Waals surface area contributed by atoms with Crippen molar-refractivity contribution in [2.45, 2.75) is 6.42 Å². The summed E-state index contributed by atoms with van der Waals surface area (Å²) < 4.78 is 13.3. The molecular weight excluding hydrogens is 284 g/mol. The van der Waals surface area contributed by atoms with E-state index in [4.69, 9.17) is 9.47 Å². The lowest BCUT2D eigenvalue weighted by atomic mass is 10.1. The Hall–Kier alpha value is -2.76. The van der Waals surface area contributed by atoms with Crippen molar-refractivity contribution < 1.29 is 9.47 Å². The van der Waals surface area contributed by atoms with Gasteiger partial charge in [-0.15, -0.1) is 6.58 Å². The van der Waals surface area contributed by atoms with Gasteiger partial charge in [0.15, 0.2) is 11.5 Å². The van der Waals surface area contributed by atoms with Crippen molar-refractivity contribution in [2.24, 2.45) is 14.1 Å². The topological polar surface area (TPSA) is 62.5 Å². The minimum absolute atomic E-state index is 0.155. The van der Waals surface area contributed by atoms with E-state index in [2.05, 4.69) is 6.58 Å². The summed E-state index contributed by atoms with van der Waals surface area (Å²) in [7, 11) is 4.48. The first-order valence-corrected chi connectivity index (χ1v) is 6.70. The second kappa shape index (κ2) is 6.34. The van der Waals surface area contributed by atoms with E-state index in [0.29, 0.717) is 17.9 Å². The van der Waals surface area contributed by atoms with Gasteiger partial charge in [-0.2, -0.15) is 0 Å². The van der Waals surface area contributed by atoms with Crippen LogP contribution in [0.4, 0.5) is 0 Å². The second-order valence-corrected chi connectivity index (χ2v) is 4.80. The maximum absolute atomic E-state index is 11.9. The molecule has 0 spiro atoms. The SMILES string of the molecule is C=CCc1ccc(Oc2cc(=O)n(C)c(=O)n2C)c(OC)c1. The molecule has 6 nitrogen and oxygen atoms in total. The Morgan fingerprint density at radius 1 is 1.14 bits per heavy atom. The summed E-state index contributed by atoms with van der Waals surface area (Å²) in [5.74, 6) is 1.11. The smallest absolute Gasteiger partial charge is 0.333 e. The number of allylic oxidation sites excluding steroid dienone is 1. The van der Waals surface area contributed by atoms with Crippen LogP contribution in [0.5, 0.6) is 17.4 Å². The molecule has 0 unspecified atom stereocenters. The standard InChI is InChI=1S/C16H18N2O4/c1-5-6-11-7-8-12(13(9-11)21-4)22-15-10-14(19)17(2)16(20)18(15)3/h5,7-10H,1,6H2,2-4H3. The van der Waals surface area contributed by atoms with E-state index in [0.717, 1.165) is 10.1 Å². The van der Waals surface area contributed by atoms with Crippen molar-refractivity contribution in [2.75, 3.05) is 7.11 Å². The van der Waals surface area contributed by atoms with E-state index < -0.39 is 11.2 Å². The first-order valence-electron chi connectivity index (χ1n) is 6.70. The van der Waals surface area contributed by atoms with Gasteiger partial charge in [0.05, 0.1) is 13.2 Å². The lowest BCUT2D eigenvalue weighted by Gasteiger charge is -2.14. The fraction of sp³-hybridized carbons (Fsp3) is 0.250. The summed E-state index contributed by atoms with van der Waals surface area (Å²) in [6, 6.07) is 6.70. The van der Waals surface area contributed by atoms with Crippen LogP contribution in [-0.2, 0) is 20.5 Å². The summed E-state index contributed by atoms with van der Waals surface area (Å²) in [5, 5.41) is 0. The number of methoxy groups -OCH3 is 1. The zero-order valence-electron chi connectivity index (χ0n) is 12.8. The van der Waals surface area contributed by atoms with Crippen LogP contribution in [0.1, 0.15) is 5.56 Å². The maximum Gasteiger partial charge on any atom is 0.333 e. The van der Waals surface area contributed by atoms with Crippen LogP contribution >= 0.6 is 0 Å². The molecule has 1 heterocycles. The molecule has 22 heavy (non-hydrogen) atoms. The third kappa shape index (κ3) is 2.95. The molecule has 1 aromatic carbocycles. The van der Waals surface area contributed by atoms with Crippen molar-refractivity contribution in [3.8, 4) is 17.4 Å². The van der Waals surface area contributed by atoms with Crippen LogP contribution in [-0.4, -0.2) is 16.2 Å². The van der Waals surface area contributed by atoms with Crippen LogP contribution in [0, 0.1) is 0 Å². The predicted molar refractivity (Wildman–Crippen MR) is 83.9 cm³/mol. The molecule has 0 aliphatic rings. The van der Waals surface area contributed by atoms with Crippen LogP contribution in [0.3, 0.4) is 0 Å². The average Bonchev–Trinajstić information content (AvgIpc) is 2.52. The molecular formula is C16H18N2O4. The van der Waals surface area contributed by atoms with Gasteiger partial charge in [0.25, 0.3) is 5.56 Å². The van der Waals surface area contributed by atoms with Gasteiger partial charge in [0.1, 0.15) is 0 Å². The molecule has 0 fully saturated rings. The maximum atomic E-state index is 11.9. The third-order valence-corrected chi connectivity index (χ3v) is 3.30. The van der Waals surface area contributed by atoms with Crippen LogP contribution in [0.2, 0.25) is 0 Å².